The first-order valence-corrected chi connectivity index (χ1v) is 7.16. The molecule has 3 fully saturated rings. The lowest BCUT2D eigenvalue weighted by Crippen LogP contribution is -2.46. The number of fused-ring (bicyclic) bond motifs is 3. The molecule has 2 saturated heterocycles. The Morgan fingerprint density at radius 1 is 1.24 bits per heavy atom. The van der Waals surface area contributed by atoms with Crippen LogP contribution in [-0.2, 0) is 0 Å². The van der Waals surface area contributed by atoms with E-state index in [1.807, 2.05) is 0 Å². The molecule has 1 nitrogen and oxygen atoms in total. The first kappa shape index (κ1) is 11.6. The summed E-state index contributed by atoms with van der Waals surface area (Å²) in [4.78, 5) is 2.67. The fourth-order valence-electron chi connectivity index (χ4n) is 4.56. The molecule has 4 atom stereocenters. The van der Waals surface area contributed by atoms with Crippen LogP contribution < -0.4 is 0 Å². The van der Waals surface area contributed by atoms with E-state index in [0.29, 0.717) is 16.2 Å². The van der Waals surface area contributed by atoms with Crippen LogP contribution in [0.5, 0.6) is 0 Å². The van der Waals surface area contributed by atoms with Crippen LogP contribution in [0.15, 0.2) is 12.3 Å². The van der Waals surface area contributed by atoms with E-state index in [2.05, 4.69) is 46.1 Å². The van der Waals surface area contributed by atoms with Crippen molar-refractivity contribution in [1.82, 2.24) is 4.90 Å². The minimum absolute atomic E-state index is 0.435. The standard InChI is InChI=1S/C16H27N/c1-11-15(5)10-16(15,6)13-8-7-12(9-17(11)13)14(2,3)4/h12-13H,1,7-10H2,2-6H3. The molecule has 0 bridgehead atoms. The predicted molar refractivity (Wildman–Crippen MR) is 72.6 cm³/mol. The number of hydrogen-bond donors (Lipinski definition) is 0. The van der Waals surface area contributed by atoms with Crippen molar-refractivity contribution in [2.45, 2.75) is 59.9 Å². The Balaban J connectivity index is 1.85. The van der Waals surface area contributed by atoms with Gasteiger partial charge >= 0.3 is 0 Å². The van der Waals surface area contributed by atoms with E-state index in [0.717, 1.165) is 12.0 Å². The third-order valence-electron chi connectivity index (χ3n) is 6.38. The molecule has 1 aliphatic carbocycles. The van der Waals surface area contributed by atoms with Crippen LogP contribution in [0.25, 0.3) is 0 Å². The van der Waals surface area contributed by atoms with Gasteiger partial charge in [0, 0.05) is 23.7 Å². The SMILES string of the molecule is C=C1N2CC(C(C)(C)C)CCC2C2(C)CC12C. The lowest BCUT2D eigenvalue weighted by atomic mass is 9.73. The monoisotopic (exact) mass is 233 g/mol. The van der Waals surface area contributed by atoms with Gasteiger partial charge in [-0.15, -0.1) is 0 Å². The van der Waals surface area contributed by atoms with Crippen LogP contribution in [0, 0.1) is 22.2 Å². The zero-order valence-electron chi connectivity index (χ0n) is 12.1. The molecule has 2 heterocycles. The normalized spacial score (nSPS) is 49.0. The van der Waals surface area contributed by atoms with Gasteiger partial charge in [0.1, 0.15) is 0 Å². The Morgan fingerprint density at radius 2 is 1.88 bits per heavy atom. The molecule has 0 radical (unpaired) electrons. The molecular formula is C16H27N. The van der Waals surface area contributed by atoms with Crippen LogP contribution in [0.3, 0.4) is 0 Å². The summed E-state index contributed by atoms with van der Waals surface area (Å²) >= 11 is 0. The molecule has 17 heavy (non-hydrogen) atoms. The molecule has 0 amide bonds. The molecule has 0 spiro atoms. The maximum Gasteiger partial charge on any atom is 0.0350 e. The molecule has 1 heteroatoms. The van der Waals surface area contributed by atoms with Crippen molar-refractivity contribution >= 4 is 0 Å². The van der Waals surface area contributed by atoms with Gasteiger partial charge in [0.05, 0.1) is 0 Å². The lowest BCUT2D eigenvalue weighted by Gasteiger charge is -2.45. The minimum atomic E-state index is 0.435. The third kappa shape index (κ3) is 1.26. The summed E-state index contributed by atoms with van der Waals surface area (Å²) in [5.74, 6) is 0.834. The highest BCUT2D eigenvalue weighted by Crippen LogP contribution is 2.76. The smallest absolute Gasteiger partial charge is 0.0350 e. The summed E-state index contributed by atoms with van der Waals surface area (Å²) in [6, 6.07) is 0.790. The summed E-state index contributed by atoms with van der Waals surface area (Å²) in [6.45, 7) is 17.8. The second-order valence-electron chi connectivity index (χ2n) is 8.18. The summed E-state index contributed by atoms with van der Waals surface area (Å²) in [6.07, 6.45) is 4.16. The Labute approximate surface area is 106 Å². The molecule has 2 aliphatic heterocycles. The average Bonchev–Trinajstić information content (AvgIpc) is 2.76. The van der Waals surface area contributed by atoms with Gasteiger partial charge in [-0.3, -0.25) is 0 Å². The maximum atomic E-state index is 4.42. The van der Waals surface area contributed by atoms with Crippen LogP contribution >= 0.6 is 0 Å². The highest BCUT2D eigenvalue weighted by Gasteiger charge is 2.73. The Morgan fingerprint density at radius 3 is 2.47 bits per heavy atom. The Hall–Kier alpha value is -0.460. The van der Waals surface area contributed by atoms with Gasteiger partial charge in [-0.2, -0.15) is 0 Å². The lowest BCUT2D eigenvalue weighted by molar-refractivity contribution is 0.0701. The Kier molecular flexibility index (Phi) is 2.00. The van der Waals surface area contributed by atoms with Gasteiger partial charge in [0.2, 0.25) is 0 Å². The number of allylic oxidation sites excluding steroid dienone is 1. The summed E-state index contributed by atoms with van der Waals surface area (Å²) in [5.41, 5.74) is 2.87. The van der Waals surface area contributed by atoms with Gasteiger partial charge in [-0.1, -0.05) is 41.2 Å². The zero-order chi connectivity index (χ0) is 12.6. The van der Waals surface area contributed by atoms with E-state index in [1.165, 1.54) is 31.5 Å². The zero-order valence-corrected chi connectivity index (χ0v) is 12.1. The van der Waals surface area contributed by atoms with Gasteiger partial charge in [0.25, 0.3) is 0 Å². The molecule has 3 rings (SSSR count). The van der Waals surface area contributed by atoms with Crippen molar-refractivity contribution in [2.75, 3.05) is 6.54 Å². The molecule has 4 unspecified atom stereocenters. The highest BCUT2D eigenvalue weighted by atomic mass is 15.3. The van der Waals surface area contributed by atoms with Crippen LogP contribution in [0.4, 0.5) is 0 Å². The van der Waals surface area contributed by atoms with Crippen molar-refractivity contribution in [3.63, 3.8) is 0 Å². The van der Waals surface area contributed by atoms with E-state index >= 15 is 0 Å². The van der Waals surface area contributed by atoms with Crippen molar-refractivity contribution in [1.29, 1.82) is 0 Å². The third-order valence-corrected chi connectivity index (χ3v) is 6.38. The fraction of sp³-hybridized carbons (Fsp3) is 0.875. The fourth-order valence-corrected chi connectivity index (χ4v) is 4.56. The second kappa shape index (κ2) is 2.92. The number of hydrogen-bond acceptors (Lipinski definition) is 1. The van der Waals surface area contributed by atoms with E-state index in [9.17, 15) is 0 Å². The minimum Gasteiger partial charge on any atom is -0.371 e. The van der Waals surface area contributed by atoms with E-state index < -0.39 is 0 Å². The molecule has 0 aromatic heterocycles. The Bertz CT molecular complexity index is 377. The predicted octanol–water partition coefficient (Wildman–Crippen LogP) is 4.06. The first-order chi connectivity index (χ1) is 7.70. The van der Waals surface area contributed by atoms with E-state index in [4.69, 9.17) is 0 Å². The van der Waals surface area contributed by atoms with Gasteiger partial charge in [-0.05, 0) is 36.0 Å². The molecule has 1 saturated carbocycles. The quantitative estimate of drug-likeness (QED) is 0.610. The summed E-state index contributed by atoms with van der Waals surface area (Å²) in [7, 11) is 0. The largest absolute Gasteiger partial charge is 0.371 e. The molecule has 0 aromatic carbocycles. The van der Waals surface area contributed by atoms with E-state index in [-0.39, 0.29) is 0 Å². The molecule has 3 aliphatic rings. The van der Waals surface area contributed by atoms with Crippen LogP contribution in [0.1, 0.15) is 53.9 Å². The molecule has 0 N–H and O–H groups in total. The average molecular weight is 233 g/mol. The number of nitrogens with zero attached hydrogens (tertiary/aromatic N) is 1. The van der Waals surface area contributed by atoms with Crippen molar-refractivity contribution < 1.29 is 0 Å². The second-order valence-corrected chi connectivity index (χ2v) is 8.18. The number of piperidine rings is 2. The molecule has 96 valence electrons. The van der Waals surface area contributed by atoms with Crippen molar-refractivity contribution in [3.8, 4) is 0 Å². The summed E-state index contributed by atoms with van der Waals surface area (Å²) in [5, 5.41) is 0. The topological polar surface area (TPSA) is 3.24 Å². The number of rotatable bonds is 0. The van der Waals surface area contributed by atoms with Crippen LogP contribution in [0.2, 0.25) is 0 Å². The first-order valence-electron chi connectivity index (χ1n) is 7.16. The van der Waals surface area contributed by atoms with E-state index in [1.54, 1.807) is 0 Å². The summed E-state index contributed by atoms with van der Waals surface area (Å²) < 4.78 is 0. The van der Waals surface area contributed by atoms with Gasteiger partial charge < -0.3 is 4.90 Å². The molecular weight excluding hydrogens is 206 g/mol. The van der Waals surface area contributed by atoms with Gasteiger partial charge in [0.15, 0.2) is 0 Å². The highest BCUT2D eigenvalue weighted by molar-refractivity contribution is 5.36. The van der Waals surface area contributed by atoms with Crippen molar-refractivity contribution in [3.05, 3.63) is 12.3 Å². The van der Waals surface area contributed by atoms with Crippen LogP contribution in [-0.4, -0.2) is 17.5 Å². The maximum absolute atomic E-state index is 4.42. The van der Waals surface area contributed by atoms with Crippen molar-refractivity contribution in [2.24, 2.45) is 22.2 Å². The molecule has 0 aromatic rings. The van der Waals surface area contributed by atoms with Gasteiger partial charge in [-0.25, -0.2) is 0 Å².